The first-order valence-electron chi connectivity index (χ1n) is 10.2. The fourth-order valence-electron chi connectivity index (χ4n) is 2.64. The van der Waals surface area contributed by atoms with Crippen LogP contribution in [0.3, 0.4) is 0 Å². The average molecular weight is 515 g/mol. The van der Waals surface area contributed by atoms with E-state index in [1.54, 1.807) is 28.2 Å². The molecule has 35 heavy (non-hydrogen) atoms. The molecule has 3 N–H and O–H groups in total. The molecule has 0 fully saturated rings. The zero-order valence-electron chi connectivity index (χ0n) is 20.0. The first-order chi connectivity index (χ1) is 15.5. The SMILES string of the molecule is C=Cc1ccc(C(C)(O)C(F)(F)F)cc1.CCC(C)c1ccc(C(C)(O)C(F)(F)F)cc1.[B].[NH]=[Al]. The second-order valence-electron chi connectivity index (χ2n) is 7.90. The Labute approximate surface area is 212 Å². The van der Waals surface area contributed by atoms with Crippen LogP contribution < -0.4 is 0 Å². The third-order valence-electron chi connectivity index (χ3n) is 5.47. The summed E-state index contributed by atoms with van der Waals surface area (Å²) in [4.78, 5) is 0. The summed E-state index contributed by atoms with van der Waals surface area (Å²) in [6, 6.07) is 11.4. The Bertz CT molecular complexity index is 898. The van der Waals surface area contributed by atoms with Gasteiger partial charge in [-0.3, -0.25) is 0 Å². The van der Waals surface area contributed by atoms with Crippen molar-refractivity contribution >= 4 is 30.6 Å². The molecular formula is C24H29AlBF6NO2. The maximum atomic E-state index is 12.6. The van der Waals surface area contributed by atoms with Crippen molar-refractivity contribution in [1.29, 1.82) is 4.35 Å². The van der Waals surface area contributed by atoms with Crippen molar-refractivity contribution in [3.8, 4) is 0 Å². The molecule has 2 rings (SSSR count). The van der Waals surface area contributed by atoms with Crippen LogP contribution in [0.2, 0.25) is 0 Å². The predicted octanol–water partition coefficient (Wildman–Crippen LogP) is 6.61. The molecule has 0 saturated heterocycles. The Balaban J connectivity index is 0. The molecule has 3 atom stereocenters. The molecule has 0 spiro atoms. The summed E-state index contributed by atoms with van der Waals surface area (Å²) < 4.78 is 80.7. The van der Waals surface area contributed by atoms with E-state index in [9.17, 15) is 36.6 Å². The third-order valence-corrected chi connectivity index (χ3v) is 5.47. The molecule has 190 valence electrons. The van der Waals surface area contributed by atoms with Crippen LogP contribution >= 0.6 is 0 Å². The zero-order chi connectivity index (χ0) is 27.0. The molecule has 3 unspecified atom stereocenters. The standard InChI is InChI=1S/C13H17F3O.C11H11F3O.Al.B.HN/c1-4-9(2)10-5-7-11(8-6-10)12(3,17)13(14,15)16;1-3-8-4-6-9(7-5-8)10(2,15)11(12,13)14;;;/h5-9,17H,4H2,1-3H3;3-7,15H,1H2,2H3;;;1H. The van der Waals surface area contributed by atoms with Gasteiger partial charge in [0.25, 0.3) is 0 Å². The van der Waals surface area contributed by atoms with E-state index in [4.69, 9.17) is 4.35 Å². The Kier molecular flexibility index (Phi) is 14.1. The van der Waals surface area contributed by atoms with Crippen molar-refractivity contribution in [3.05, 3.63) is 77.4 Å². The number of hydrogen-bond acceptors (Lipinski definition) is 3. The number of aliphatic hydroxyl groups is 2. The van der Waals surface area contributed by atoms with Crippen molar-refractivity contribution in [2.75, 3.05) is 0 Å². The van der Waals surface area contributed by atoms with Crippen LogP contribution in [0.4, 0.5) is 26.3 Å². The van der Waals surface area contributed by atoms with Crippen LogP contribution in [0.15, 0.2) is 55.1 Å². The fourth-order valence-corrected chi connectivity index (χ4v) is 2.64. The van der Waals surface area contributed by atoms with Crippen molar-refractivity contribution in [1.82, 2.24) is 0 Å². The Morgan fingerprint density at radius 1 is 0.829 bits per heavy atom. The number of alkyl halides is 6. The molecular weight excluding hydrogens is 486 g/mol. The summed E-state index contributed by atoms with van der Waals surface area (Å²) in [5.74, 6) is 0.305. The van der Waals surface area contributed by atoms with Crippen molar-refractivity contribution < 1.29 is 36.6 Å². The van der Waals surface area contributed by atoms with Gasteiger partial charge in [0.15, 0.2) is 11.2 Å². The van der Waals surface area contributed by atoms with Gasteiger partial charge in [-0.1, -0.05) is 75.0 Å². The van der Waals surface area contributed by atoms with Crippen molar-refractivity contribution in [2.24, 2.45) is 0 Å². The monoisotopic (exact) mass is 515 g/mol. The minimum absolute atomic E-state index is 0. The summed E-state index contributed by atoms with van der Waals surface area (Å²) in [7, 11) is 0. The van der Waals surface area contributed by atoms with E-state index in [0.29, 0.717) is 11.5 Å². The first-order valence-corrected chi connectivity index (χ1v) is 10.8. The van der Waals surface area contributed by atoms with E-state index in [0.717, 1.165) is 25.8 Å². The van der Waals surface area contributed by atoms with Crippen molar-refractivity contribution in [3.63, 3.8) is 0 Å². The minimum atomic E-state index is -4.68. The van der Waals surface area contributed by atoms with Gasteiger partial charge in [0.2, 0.25) is 0 Å². The van der Waals surface area contributed by atoms with E-state index in [-0.39, 0.29) is 19.5 Å². The maximum absolute atomic E-state index is 12.6. The van der Waals surface area contributed by atoms with Gasteiger partial charge in [-0.25, -0.2) is 0 Å². The number of rotatable bonds is 5. The number of benzene rings is 2. The van der Waals surface area contributed by atoms with E-state index in [1.165, 1.54) is 42.5 Å². The van der Waals surface area contributed by atoms with Gasteiger partial charge >= 0.3 is 32.8 Å². The molecule has 0 saturated carbocycles. The molecule has 11 heteroatoms. The second kappa shape index (κ2) is 14.0. The predicted molar refractivity (Wildman–Crippen MR) is 127 cm³/mol. The molecule has 0 aromatic heterocycles. The summed E-state index contributed by atoms with van der Waals surface area (Å²) in [6.07, 6.45) is -6.89. The molecule has 4 radical (unpaired) electrons. The molecule has 0 amide bonds. The quantitative estimate of drug-likeness (QED) is 0.310. The van der Waals surface area contributed by atoms with Gasteiger partial charge in [0.1, 0.15) is 0 Å². The van der Waals surface area contributed by atoms with Gasteiger partial charge in [0.05, 0.1) is 0 Å². The van der Waals surface area contributed by atoms with Crippen LogP contribution in [0.1, 0.15) is 62.3 Å². The van der Waals surface area contributed by atoms with Gasteiger partial charge in [-0.05, 0) is 48.4 Å². The topological polar surface area (TPSA) is 64.3 Å². The molecule has 0 aliphatic carbocycles. The number of nitrogens with one attached hydrogen (secondary N) is 1. The van der Waals surface area contributed by atoms with Crippen LogP contribution in [-0.4, -0.2) is 47.1 Å². The summed E-state index contributed by atoms with van der Waals surface area (Å²) >= 11 is 1.67. The fraction of sp³-hybridized carbons (Fsp3) is 0.417. The van der Waals surface area contributed by atoms with Crippen LogP contribution in [-0.2, 0) is 11.2 Å². The summed E-state index contributed by atoms with van der Waals surface area (Å²) in [5, 5.41) is 18.8. The molecule has 0 aliphatic rings. The Hall–Kier alpha value is -1.92. The molecule has 2 aromatic rings. The normalized spacial score (nSPS) is 15.4. The average Bonchev–Trinajstić information content (AvgIpc) is 2.79. The number of halogens is 6. The van der Waals surface area contributed by atoms with Crippen LogP contribution in [0.25, 0.3) is 6.08 Å². The Morgan fingerprint density at radius 2 is 1.14 bits per heavy atom. The van der Waals surface area contributed by atoms with E-state index in [2.05, 4.69) is 6.58 Å². The van der Waals surface area contributed by atoms with E-state index >= 15 is 0 Å². The molecule has 0 aliphatic heterocycles. The first kappa shape index (κ1) is 35.2. The van der Waals surface area contributed by atoms with Gasteiger partial charge in [-0.2, -0.15) is 26.3 Å². The van der Waals surface area contributed by atoms with E-state index < -0.39 is 23.6 Å². The molecule has 2 aromatic carbocycles. The van der Waals surface area contributed by atoms with Crippen LogP contribution in [0.5, 0.6) is 0 Å². The second-order valence-corrected chi connectivity index (χ2v) is 7.90. The summed E-state index contributed by atoms with van der Waals surface area (Å²) in [5.41, 5.74) is -4.23. The van der Waals surface area contributed by atoms with Crippen molar-refractivity contribution in [2.45, 2.75) is 63.6 Å². The Morgan fingerprint density at radius 3 is 1.40 bits per heavy atom. The molecule has 0 heterocycles. The van der Waals surface area contributed by atoms with Gasteiger partial charge < -0.3 is 10.2 Å². The zero-order valence-corrected chi connectivity index (χ0v) is 21.2. The van der Waals surface area contributed by atoms with Gasteiger partial charge in [0, 0.05) is 8.41 Å². The molecule has 3 nitrogen and oxygen atoms in total. The van der Waals surface area contributed by atoms with Crippen LogP contribution in [0, 0.1) is 4.35 Å². The number of hydrogen-bond donors (Lipinski definition) is 3. The third kappa shape index (κ3) is 9.23. The van der Waals surface area contributed by atoms with Gasteiger partial charge in [-0.15, -0.1) is 0 Å². The summed E-state index contributed by atoms with van der Waals surface area (Å²) in [6.45, 7) is 9.02. The molecule has 0 bridgehead atoms. The van der Waals surface area contributed by atoms with E-state index in [1.807, 2.05) is 13.8 Å².